The van der Waals surface area contributed by atoms with Gasteiger partial charge in [-0.3, -0.25) is 4.79 Å². The molecule has 3 nitrogen and oxygen atoms in total. The van der Waals surface area contributed by atoms with Crippen LogP contribution in [0.5, 0.6) is 0 Å². The minimum Gasteiger partial charge on any atom is -0.397 e. The Kier molecular flexibility index (Phi) is 5.22. The van der Waals surface area contributed by atoms with Crippen molar-refractivity contribution in [3.63, 3.8) is 0 Å². The molecule has 0 aliphatic rings. The lowest BCUT2D eigenvalue weighted by atomic mass is 10.1. The molecule has 0 fully saturated rings. The maximum absolute atomic E-state index is 12.9. The minimum atomic E-state index is -0.417. The molecule has 0 saturated heterocycles. The number of amides is 1. The molecule has 0 atom stereocenters. The molecular formula is C16H17FN2OS. The van der Waals surface area contributed by atoms with E-state index in [1.54, 1.807) is 0 Å². The monoisotopic (exact) mass is 304 g/mol. The lowest BCUT2D eigenvalue weighted by Crippen LogP contribution is -2.15. The lowest BCUT2D eigenvalue weighted by Gasteiger charge is -2.08. The van der Waals surface area contributed by atoms with E-state index in [4.69, 9.17) is 5.73 Å². The molecule has 0 aliphatic carbocycles. The molecule has 0 bridgehead atoms. The Labute approximate surface area is 127 Å². The summed E-state index contributed by atoms with van der Waals surface area (Å²) in [5.41, 5.74) is 8.75. The molecule has 0 radical (unpaired) electrons. The highest BCUT2D eigenvalue weighted by Crippen LogP contribution is 2.20. The number of thioether (sulfide) groups is 1. The van der Waals surface area contributed by atoms with Crippen molar-refractivity contribution in [3.05, 3.63) is 59.4 Å². The Morgan fingerprint density at radius 2 is 2.05 bits per heavy atom. The van der Waals surface area contributed by atoms with E-state index in [1.807, 2.05) is 12.1 Å². The largest absolute Gasteiger partial charge is 0.397 e. The van der Waals surface area contributed by atoms with Crippen molar-refractivity contribution in [1.82, 2.24) is 0 Å². The van der Waals surface area contributed by atoms with Crippen LogP contribution in [0.3, 0.4) is 0 Å². The van der Waals surface area contributed by atoms with Crippen LogP contribution in [-0.2, 0) is 10.5 Å². The van der Waals surface area contributed by atoms with Crippen LogP contribution in [0.25, 0.3) is 0 Å². The van der Waals surface area contributed by atoms with Gasteiger partial charge in [0.15, 0.2) is 0 Å². The topological polar surface area (TPSA) is 55.1 Å². The highest BCUT2D eigenvalue weighted by atomic mass is 32.2. The summed E-state index contributed by atoms with van der Waals surface area (Å²) in [6.45, 7) is 2.05. The van der Waals surface area contributed by atoms with Crippen molar-refractivity contribution in [1.29, 1.82) is 0 Å². The van der Waals surface area contributed by atoms with Gasteiger partial charge in [-0.25, -0.2) is 4.39 Å². The number of rotatable bonds is 5. The molecule has 5 heteroatoms. The third kappa shape index (κ3) is 4.49. The molecule has 3 N–H and O–H groups in total. The van der Waals surface area contributed by atoms with Gasteiger partial charge in [0.05, 0.1) is 17.1 Å². The number of nitrogen functional groups attached to an aromatic ring is 1. The summed E-state index contributed by atoms with van der Waals surface area (Å²) < 4.78 is 12.9. The van der Waals surface area contributed by atoms with E-state index in [-0.39, 0.29) is 11.6 Å². The quantitative estimate of drug-likeness (QED) is 0.830. The van der Waals surface area contributed by atoms with Crippen LogP contribution in [0.2, 0.25) is 0 Å². The molecule has 2 aromatic carbocycles. The van der Waals surface area contributed by atoms with Crippen molar-refractivity contribution < 1.29 is 9.18 Å². The fourth-order valence-corrected chi connectivity index (χ4v) is 2.76. The number of halogens is 1. The summed E-state index contributed by atoms with van der Waals surface area (Å²) in [6, 6.07) is 12.0. The standard InChI is InChI=1S/C16H17FN2OS/c1-11-4-2-3-5-12(11)9-21-10-16(20)19-15-7-6-13(17)8-14(15)18/h2-8H,9-10,18H2,1H3,(H,19,20). The van der Waals surface area contributed by atoms with Crippen LogP contribution < -0.4 is 11.1 Å². The summed E-state index contributed by atoms with van der Waals surface area (Å²) >= 11 is 1.53. The van der Waals surface area contributed by atoms with Crippen molar-refractivity contribution in [2.45, 2.75) is 12.7 Å². The number of aryl methyl sites for hydroxylation is 1. The van der Waals surface area contributed by atoms with E-state index in [0.717, 1.165) is 5.75 Å². The van der Waals surface area contributed by atoms with Gasteiger partial charge < -0.3 is 11.1 Å². The van der Waals surface area contributed by atoms with Gasteiger partial charge in [0.1, 0.15) is 5.82 Å². The Hall–Kier alpha value is -2.01. The first kappa shape index (κ1) is 15.4. The molecule has 0 spiro atoms. The predicted molar refractivity (Wildman–Crippen MR) is 86.8 cm³/mol. The molecule has 0 heterocycles. The smallest absolute Gasteiger partial charge is 0.234 e. The zero-order valence-corrected chi connectivity index (χ0v) is 12.5. The molecule has 0 aromatic heterocycles. The second kappa shape index (κ2) is 7.13. The van der Waals surface area contributed by atoms with Crippen LogP contribution in [0, 0.1) is 12.7 Å². The first-order valence-corrected chi connectivity index (χ1v) is 7.69. The minimum absolute atomic E-state index is 0.146. The van der Waals surface area contributed by atoms with Crippen LogP contribution in [0.15, 0.2) is 42.5 Å². The Morgan fingerprint density at radius 3 is 2.76 bits per heavy atom. The number of nitrogens with two attached hydrogens (primary N) is 1. The number of nitrogens with one attached hydrogen (secondary N) is 1. The van der Waals surface area contributed by atoms with E-state index in [0.29, 0.717) is 11.4 Å². The number of hydrogen-bond donors (Lipinski definition) is 2. The second-order valence-electron chi connectivity index (χ2n) is 4.70. The fourth-order valence-electron chi connectivity index (χ4n) is 1.86. The van der Waals surface area contributed by atoms with Crippen molar-refractivity contribution in [3.8, 4) is 0 Å². The second-order valence-corrected chi connectivity index (χ2v) is 5.68. The number of carbonyl (C=O) groups excluding carboxylic acids is 1. The third-order valence-corrected chi connectivity index (χ3v) is 4.02. The average Bonchev–Trinajstić information content (AvgIpc) is 2.44. The first-order chi connectivity index (χ1) is 10.1. The Balaban J connectivity index is 1.84. The van der Waals surface area contributed by atoms with Crippen LogP contribution in [-0.4, -0.2) is 11.7 Å². The van der Waals surface area contributed by atoms with Gasteiger partial charge in [-0.1, -0.05) is 24.3 Å². The van der Waals surface area contributed by atoms with Crippen LogP contribution in [0.1, 0.15) is 11.1 Å². The molecule has 2 aromatic rings. The van der Waals surface area contributed by atoms with E-state index in [9.17, 15) is 9.18 Å². The zero-order valence-electron chi connectivity index (χ0n) is 11.7. The van der Waals surface area contributed by atoms with Gasteiger partial charge in [0, 0.05) is 5.75 Å². The van der Waals surface area contributed by atoms with Gasteiger partial charge in [0.25, 0.3) is 0 Å². The summed E-state index contributed by atoms with van der Waals surface area (Å²) in [4.78, 5) is 11.8. The van der Waals surface area contributed by atoms with Gasteiger partial charge >= 0.3 is 0 Å². The Morgan fingerprint density at radius 1 is 1.29 bits per heavy atom. The first-order valence-electron chi connectivity index (χ1n) is 6.53. The normalized spacial score (nSPS) is 10.4. The van der Waals surface area contributed by atoms with Gasteiger partial charge in [-0.05, 0) is 36.2 Å². The van der Waals surface area contributed by atoms with E-state index in [1.165, 1.54) is 41.1 Å². The molecule has 110 valence electrons. The maximum atomic E-state index is 12.9. The van der Waals surface area contributed by atoms with E-state index < -0.39 is 5.82 Å². The Bertz CT molecular complexity index is 646. The van der Waals surface area contributed by atoms with Crippen molar-refractivity contribution in [2.75, 3.05) is 16.8 Å². The average molecular weight is 304 g/mol. The van der Waals surface area contributed by atoms with Gasteiger partial charge in [-0.2, -0.15) is 0 Å². The van der Waals surface area contributed by atoms with Gasteiger partial charge in [-0.15, -0.1) is 11.8 Å². The third-order valence-electron chi connectivity index (χ3n) is 3.04. The van der Waals surface area contributed by atoms with E-state index >= 15 is 0 Å². The summed E-state index contributed by atoms with van der Waals surface area (Å²) in [6.07, 6.45) is 0. The fraction of sp³-hybridized carbons (Fsp3) is 0.188. The molecule has 1 amide bonds. The SMILES string of the molecule is Cc1ccccc1CSCC(=O)Nc1ccc(F)cc1N. The summed E-state index contributed by atoms with van der Waals surface area (Å²) in [5, 5.41) is 2.69. The van der Waals surface area contributed by atoms with Gasteiger partial charge in [0.2, 0.25) is 5.91 Å². The molecule has 0 aliphatic heterocycles. The molecular weight excluding hydrogens is 287 g/mol. The molecule has 21 heavy (non-hydrogen) atoms. The molecule has 0 unspecified atom stereocenters. The van der Waals surface area contributed by atoms with E-state index in [2.05, 4.69) is 24.4 Å². The highest BCUT2D eigenvalue weighted by molar-refractivity contribution is 7.99. The van der Waals surface area contributed by atoms with Crippen LogP contribution in [0.4, 0.5) is 15.8 Å². The predicted octanol–water partition coefficient (Wildman–Crippen LogP) is 3.59. The van der Waals surface area contributed by atoms with Crippen molar-refractivity contribution >= 4 is 29.0 Å². The number of hydrogen-bond acceptors (Lipinski definition) is 3. The summed E-state index contributed by atoms with van der Waals surface area (Å²) in [7, 11) is 0. The number of anilines is 2. The van der Waals surface area contributed by atoms with Crippen molar-refractivity contribution in [2.24, 2.45) is 0 Å². The highest BCUT2D eigenvalue weighted by Gasteiger charge is 2.07. The maximum Gasteiger partial charge on any atom is 0.234 e. The number of benzene rings is 2. The van der Waals surface area contributed by atoms with Crippen LogP contribution >= 0.6 is 11.8 Å². The number of carbonyl (C=O) groups is 1. The lowest BCUT2D eigenvalue weighted by molar-refractivity contribution is -0.113. The molecule has 2 rings (SSSR count). The molecule has 0 saturated carbocycles. The zero-order chi connectivity index (χ0) is 15.2. The summed E-state index contributed by atoms with van der Waals surface area (Å²) in [5.74, 6) is 0.538.